The number of ether oxygens (including phenoxy) is 2. The number of benzene rings is 2. The first kappa shape index (κ1) is 33.2. The van der Waals surface area contributed by atoms with Gasteiger partial charge in [0.15, 0.2) is 0 Å². The van der Waals surface area contributed by atoms with E-state index in [2.05, 4.69) is 16.0 Å². The molecule has 43 heavy (non-hydrogen) atoms. The predicted molar refractivity (Wildman–Crippen MR) is 161 cm³/mol. The van der Waals surface area contributed by atoms with Crippen molar-refractivity contribution in [3.8, 4) is 5.75 Å². The molecule has 1 saturated heterocycles. The molecule has 1 unspecified atom stereocenters. The van der Waals surface area contributed by atoms with Crippen molar-refractivity contribution in [2.45, 2.75) is 91.1 Å². The number of rotatable bonds is 11. The van der Waals surface area contributed by atoms with Crippen LogP contribution >= 0.6 is 0 Å². The topological polar surface area (TPSA) is 146 Å². The highest BCUT2D eigenvalue weighted by Crippen LogP contribution is 2.23. The average Bonchev–Trinajstić information content (AvgIpc) is 3.45. The number of carbonyl (C=O) groups excluding carboxylic acids is 4. The third kappa shape index (κ3) is 10.5. The second-order valence-corrected chi connectivity index (χ2v) is 11.8. The molecule has 0 aromatic heterocycles. The number of alkyl carbamates (subject to hydrolysis) is 1. The molecule has 2 atom stereocenters. The lowest BCUT2D eigenvalue weighted by atomic mass is 10.1. The van der Waals surface area contributed by atoms with E-state index in [0.717, 1.165) is 11.1 Å². The molecule has 0 bridgehead atoms. The Morgan fingerprint density at radius 1 is 1.02 bits per heavy atom. The van der Waals surface area contributed by atoms with Crippen LogP contribution in [0, 0.1) is 13.8 Å². The zero-order valence-corrected chi connectivity index (χ0v) is 25.7. The van der Waals surface area contributed by atoms with Crippen molar-refractivity contribution in [1.29, 1.82) is 0 Å². The van der Waals surface area contributed by atoms with Crippen LogP contribution in [0.15, 0.2) is 42.5 Å². The van der Waals surface area contributed by atoms with E-state index in [0.29, 0.717) is 36.9 Å². The minimum atomic E-state index is -0.907. The molecule has 2 aromatic rings. The maximum Gasteiger partial charge on any atom is 0.410 e. The van der Waals surface area contributed by atoms with E-state index in [1.165, 1.54) is 4.90 Å². The summed E-state index contributed by atoms with van der Waals surface area (Å²) in [6.07, 6.45) is 0.580. The number of carbonyl (C=O) groups is 4. The molecule has 0 saturated carbocycles. The van der Waals surface area contributed by atoms with Crippen LogP contribution in [0.5, 0.6) is 5.75 Å². The lowest BCUT2D eigenvalue weighted by molar-refractivity contribution is -0.131. The van der Waals surface area contributed by atoms with Crippen LogP contribution in [0.4, 0.5) is 9.59 Å². The number of hydrogen-bond acceptors (Lipinski definition) is 7. The zero-order chi connectivity index (χ0) is 31.6. The lowest BCUT2D eigenvalue weighted by Gasteiger charge is -2.29. The molecule has 0 radical (unpaired) electrons. The molecule has 234 valence electrons. The fourth-order valence-corrected chi connectivity index (χ4v) is 4.85. The number of phenolic OH excluding ortho intramolecular Hbond substituents is 1. The molecule has 0 aliphatic carbocycles. The monoisotopic (exact) mass is 596 g/mol. The number of nitrogens with zero attached hydrogens (tertiary/aromatic N) is 1. The van der Waals surface area contributed by atoms with Crippen LogP contribution in [0.2, 0.25) is 0 Å². The van der Waals surface area contributed by atoms with Crippen molar-refractivity contribution in [3.05, 3.63) is 64.7 Å². The van der Waals surface area contributed by atoms with Gasteiger partial charge < -0.3 is 30.5 Å². The van der Waals surface area contributed by atoms with Gasteiger partial charge in [-0.05, 0) is 82.6 Å². The van der Waals surface area contributed by atoms with E-state index in [1.807, 2.05) is 30.3 Å². The predicted octanol–water partition coefficient (Wildman–Crippen LogP) is 4.22. The molecule has 0 spiro atoms. The van der Waals surface area contributed by atoms with Crippen molar-refractivity contribution in [1.82, 2.24) is 20.9 Å². The molecule has 11 nitrogen and oxygen atoms in total. The van der Waals surface area contributed by atoms with Gasteiger partial charge in [0.05, 0.1) is 0 Å². The molecular weight excluding hydrogens is 552 g/mol. The van der Waals surface area contributed by atoms with Gasteiger partial charge in [0.25, 0.3) is 0 Å². The molecule has 11 heteroatoms. The number of nitrogens with one attached hydrogen (secondary N) is 3. The molecule has 3 rings (SSSR count). The van der Waals surface area contributed by atoms with E-state index >= 15 is 0 Å². The number of amides is 4. The van der Waals surface area contributed by atoms with Crippen LogP contribution in [0.25, 0.3) is 0 Å². The first-order valence-electron chi connectivity index (χ1n) is 14.7. The third-order valence-corrected chi connectivity index (χ3v) is 6.99. The van der Waals surface area contributed by atoms with Crippen LogP contribution in [0.3, 0.4) is 0 Å². The SMILES string of the molecule is Cc1cc(CNC(=O)[C@H](CCCNC(=O)OCc2ccccc2)NC(=O)C2CCCN2C(=O)OC(C)(C)C)cc(C)c1O. The smallest absolute Gasteiger partial charge is 0.410 e. The minimum absolute atomic E-state index is 0.138. The molecule has 2 aromatic carbocycles. The Morgan fingerprint density at radius 3 is 2.35 bits per heavy atom. The Kier molecular flexibility index (Phi) is 11.8. The Bertz CT molecular complexity index is 1250. The van der Waals surface area contributed by atoms with Gasteiger partial charge in [-0.3, -0.25) is 14.5 Å². The van der Waals surface area contributed by atoms with Gasteiger partial charge in [-0.15, -0.1) is 0 Å². The highest BCUT2D eigenvalue weighted by Gasteiger charge is 2.38. The van der Waals surface area contributed by atoms with E-state index in [9.17, 15) is 24.3 Å². The van der Waals surface area contributed by atoms with E-state index in [-0.39, 0.29) is 31.9 Å². The van der Waals surface area contributed by atoms with Crippen LogP contribution < -0.4 is 16.0 Å². The summed E-state index contributed by atoms with van der Waals surface area (Å²) < 4.78 is 10.7. The van der Waals surface area contributed by atoms with Gasteiger partial charge in [-0.1, -0.05) is 42.5 Å². The second kappa shape index (κ2) is 15.3. The van der Waals surface area contributed by atoms with Crippen molar-refractivity contribution >= 4 is 24.0 Å². The molecule has 1 heterocycles. The second-order valence-electron chi connectivity index (χ2n) is 11.8. The molecule has 4 N–H and O–H groups in total. The molecule has 1 fully saturated rings. The average molecular weight is 597 g/mol. The van der Waals surface area contributed by atoms with Crippen molar-refractivity contribution in [2.24, 2.45) is 0 Å². The van der Waals surface area contributed by atoms with Crippen molar-refractivity contribution in [3.63, 3.8) is 0 Å². The van der Waals surface area contributed by atoms with Gasteiger partial charge in [0.1, 0.15) is 30.0 Å². The van der Waals surface area contributed by atoms with Crippen molar-refractivity contribution < 1.29 is 33.8 Å². The van der Waals surface area contributed by atoms with Gasteiger partial charge in [0, 0.05) is 19.6 Å². The minimum Gasteiger partial charge on any atom is -0.507 e. The zero-order valence-electron chi connectivity index (χ0n) is 25.7. The maximum absolute atomic E-state index is 13.3. The van der Waals surface area contributed by atoms with Crippen LogP contribution in [-0.2, 0) is 32.2 Å². The molecule has 4 amide bonds. The number of aromatic hydroxyl groups is 1. The highest BCUT2D eigenvalue weighted by molar-refractivity contribution is 5.91. The molecule has 1 aliphatic rings. The number of likely N-dealkylation sites (tertiary alicyclic amines) is 1. The summed E-state index contributed by atoms with van der Waals surface area (Å²) >= 11 is 0. The first-order valence-corrected chi connectivity index (χ1v) is 14.7. The highest BCUT2D eigenvalue weighted by atomic mass is 16.6. The Hall–Kier alpha value is -4.28. The fraction of sp³-hybridized carbons (Fsp3) is 0.500. The summed E-state index contributed by atoms with van der Waals surface area (Å²) in [5, 5.41) is 18.4. The van der Waals surface area contributed by atoms with Gasteiger partial charge >= 0.3 is 12.2 Å². The van der Waals surface area contributed by atoms with Crippen LogP contribution in [-0.4, -0.2) is 64.8 Å². The van der Waals surface area contributed by atoms with Gasteiger partial charge in [-0.2, -0.15) is 0 Å². The summed E-state index contributed by atoms with van der Waals surface area (Å²) in [6.45, 7) is 9.82. The Labute approximate surface area is 253 Å². The third-order valence-electron chi connectivity index (χ3n) is 6.99. The van der Waals surface area contributed by atoms with E-state index in [4.69, 9.17) is 9.47 Å². The summed E-state index contributed by atoms with van der Waals surface area (Å²) in [6, 6.07) is 11.2. The fourth-order valence-electron chi connectivity index (χ4n) is 4.85. The molecule has 1 aliphatic heterocycles. The lowest BCUT2D eigenvalue weighted by Crippen LogP contribution is -2.53. The first-order chi connectivity index (χ1) is 20.3. The van der Waals surface area contributed by atoms with Crippen LogP contribution in [0.1, 0.15) is 68.7 Å². The summed E-state index contributed by atoms with van der Waals surface area (Å²) in [4.78, 5) is 52.9. The number of aryl methyl sites for hydroxylation is 2. The largest absolute Gasteiger partial charge is 0.507 e. The van der Waals surface area contributed by atoms with E-state index in [1.54, 1.807) is 46.8 Å². The number of phenols is 1. The van der Waals surface area contributed by atoms with Gasteiger partial charge in [0.2, 0.25) is 11.8 Å². The quantitative estimate of drug-likeness (QED) is 0.284. The maximum atomic E-state index is 13.3. The normalized spacial score (nSPS) is 15.4. The Morgan fingerprint density at radius 2 is 1.70 bits per heavy atom. The summed E-state index contributed by atoms with van der Waals surface area (Å²) in [7, 11) is 0. The van der Waals surface area contributed by atoms with Gasteiger partial charge in [-0.25, -0.2) is 9.59 Å². The van der Waals surface area contributed by atoms with Crippen molar-refractivity contribution in [2.75, 3.05) is 13.1 Å². The van der Waals surface area contributed by atoms with E-state index < -0.39 is 41.7 Å². The standard InChI is InChI=1S/C32H44N4O7/c1-21-17-24(18-22(2)27(21)37)19-34-28(38)25(13-9-15-33-30(40)42-20-23-11-7-6-8-12-23)35-29(39)26-14-10-16-36(26)31(41)43-32(3,4)5/h6-8,11-12,17-18,25-26,37H,9-10,13-16,19-20H2,1-5H3,(H,33,40)(H,34,38)(H,35,39)/t25-,26?/m0/s1. The molecular formula is C32H44N4O7. The Balaban J connectivity index is 1.60. The summed E-state index contributed by atoms with van der Waals surface area (Å²) in [5.41, 5.74) is 2.36. The summed E-state index contributed by atoms with van der Waals surface area (Å²) in [5.74, 6) is -0.624. The number of hydrogen-bond donors (Lipinski definition) is 4.